The summed E-state index contributed by atoms with van der Waals surface area (Å²) < 4.78 is 11.0. The van der Waals surface area contributed by atoms with Gasteiger partial charge in [-0.15, -0.1) is 10.2 Å². The molecule has 3 heterocycles. The lowest BCUT2D eigenvalue weighted by Gasteiger charge is -2.31. The molecule has 172 valence electrons. The number of rotatable bonds is 6. The normalized spacial score (nSPS) is 20.8. The van der Waals surface area contributed by atoms with Gasteiger partial charge in [0.1, 0.15) is 0 Å². The molecule has 1 aromatic carbocycles. The maximum absolute atomic E-state index is 5.59. The maximum atomic E-state index is 5.59. The molecular weight excluding hydrogens is 416 g/mol. The van der Waals surface area contributed by atoms with Gasteiger partial charge < -0.3 is 19.3 Å². The SMILES string of the molecule is C(=N/Nc1ccc(N2CCOCC2)nn1)/C1=C(N2CCOCC2)C(=C/c2ccccc2)/CC1. The van der Waals surface area contributed by atoms with E-state index >= 15 is 0 Å². The third-order valence-corrected chi connectivity index (χ3v) is 6.12. The van der Waals surface area contributed by atoms with Crippen molar-refractivity contribution in [2.45, 2.75) is 12.8 Å². The van der Waals surface area contributed by atoms with Crippen molar-refractivity contribution in [3.63, 3.8) is 0 Å². The van der Waals surface area contributed by atoms with Crippen LogP contribution < -0.4 is 10.3 Å². The summed E-state index contributed by atoms with van der Waals surface area (Å²) in [5.74, 6) is 1.51. The number of hydrazone groups is 1. The van der Waals surface area contributed by atoms with Crippen LogP contribution >= 0.6 is 0 Å². The Morgan fingerprint density at radius 2 is 1.55 bits per heavy atom. The topological polar surface area (TPSA) is 75.1 Å². The van der Waals surface area contributed by atoms with Crippen molar-refractivity contribution in [2.75, 3.05) is 62.9 Å². The Balaban J connectivity index is 1.31. The number of morpholine rings is 2. The smallest absolute Gasteiger partial charge is 0.168 e. The molecule has 0 saturated carbocycles. The number of anilines is 2. The molecule has 2 aromatic rings. The first-order valence-corrected chi connectivity index (χ1v) is 11.6. The standard InChI is InChI=1S/C25H30N6O2/c1-2-4-20(5-3-1)18-21-6-7-22(25(21)31-12-16-33-17-13-31)19-26-27-23-8-9-24(29-28-23)30-10-14-32-15-11-30/h1-5,8-9,18-19H,6-7,10-17H2,(H,27,28)/b21-18+,26-19-. The largest absolute Gasteiger partial charge is 0.378 e. The highest BCUT2D eigenvalue weighted by molar-refractivity contribution is 5.84. The predicted octanol–water partition coefficient (Wildman–Crippen LogP) is 3.17. The quantitative estimate of drug-likeness (QED) is 0.540. The van der Waals surface area contributed by atoms with E-state index in [-0.39, 0.29) is 0 Å². The van der Waals surface area contributed by atoms with E-state index < -0.39 is 0 Å². The first kappa shape index (κ1) is 21.6. The number of benzene rings is 1. The lowest BCUT2D eigenvalue weighted by Crippen LogP contribution is -2.36. The van der Waals surface area contributed by atoms with E-state index in [9.17, 15) is 0 Å². The monoisotopic (exact) mass is 446 g/mol. The Kier molecular flexibility index (Phi) is 6.93. The van der Waals surface area contributed by atoms with Gasteiger partial charge >= 0.3 is 0 Å². The number of aromatic nitrogens is 2. The second kappa shape index (κ2) is 10.6. The Labute approximate surface area is 194 Å². The van der Waals surface area contributed by atoms with Gasteiger partial charge in [-0.1, -0.05) is 30.3 Å². The van der Waals surface area contributed by atoms with Crippen molar-refractivity contribution in [1.82, 2.24) is 15.1 Å². The summed E-state index contributed by atoms with van der Waals surface area (Å²) >= 11 is 0. The average Bonchev–Trinajstić information content (AvgIpc) is 3.28. The first-order chi connectivity index (χ1) is 16.4. The zero-order chi connectivity index (χ0) is 22.3. The molecule has 8 nitrogen and oxygen atoms in total. The second-order valence-electron chi connectivity index (χ2n) is 8.30. The van der Waals surface area contributed by atoms with Gasteiger partial charge in [-0.2, -0.15) is 5.10 Å². The van der Waals surface area contributed by atoms with Crippen molar-refractivity contribution in [2.24, 2.45) is 5.10 Å². The molecule has 0 unspecified atom stereocenters. The summed E-state index contributed by atoms with van der Waals surface area (Å²) in [7, 11) is 0. The van der Waals surface area contributed by atoms with Crippen LogP contribution in [-0.2, 0) is 9.47 Å². The summed E-state index contributed by atoms with van der Waals surface area (Å²) in [6.45, 7) is 6.47. The summed E-state index contributed by atoms with van der Waals surface area (Å²) in [6, 6.07) is 14.4. The van der Waals surface area contributed by atoms with Crippen molar-refractivity contribution in [3.05, 3.63) is 64.9 Å². The van der Waals surface area contributed by atoms with Gasteiger partial charge in [-0.3, -0.25) is 5.43 Å². The minimum absolute atomic E-state index is 0.634. The van der Waals surface area contributed by atoms with Crippen LogP contribution in [0.25, 0.3) is 6.08 Å². The van der Waals surface area contributed by atoms with E-state index in [4.69, 9.17) is 9.47 Å². The number of nitrogens with one attached hydrogen (secondary N) is 1. The van der Waals surface area contributed by atoms with Gasteiger partial charge in [0, 0.05) is 31.9 Å². The molecular formula is C25H30N6O2. The number of nitrogens with zero attached hydrogens (tertiary/aromatic N) is 5. The molecule has 0 amide bonds. The van der Waals surface area contributed by atoms with Crippen LogP contribution in [0.1, 0.15) is 18.4 Å². The zero-order valence-electron chi connectivity index (χ0n) is 18.8. The summed E-state index contributed by atoms with van der Waals surface area (Å²) in [5, 5.41) is 13.1. The maximum Gasteiger partial charge on any atom is 0.168 e. The first-order valence-electron chi connectivity index (χ1n) is 11.6. The van der Waals surface area contributed by atoms with Gasteiger partial charge in [0.05, 0.1) is 32.6 Å². The molecule has 0 bridgehead atoms. The highest BCUT2D eigenvalue weighted by atomic mass is 16.5. The zero-order valence-corrected chi connectivity index (χ0v) is 18.8. The molecule has 3 aliphatic rings. The Morgan fingerprint density at radius 1 is 0.818 bits per heavy atom. The third-order valence-electron chi connectivity index (χ3n) is 6.12. The van der Waals surface area contributed by atoms with E-state index in [0.717, 1.165) is 71.3 Å². The van der Waals surface area contributed by atoms with Crippen LogP contribution in [0.5, 0.6) is 0 Å². The third kappa shape index (κ3) is 5.40. The molecule has 0 spiro atoms. The number of ether oxygens (including phenoxy) is 2. The van der Waals surface area contributed by atoms with Gasteiger partial charge in [-0.25, -0.2) is 0 Å². The minimum atomic E-state index is 0.634. The van der Waals surface area contributed by atoms with Crippen LogP contribution in [0.4, 0.5) is 11.6 Å². The van der Waals surface area contributed by atoms with Crippen molar-refractivity contribution < 1.29 is 9.47 Å². The fraction of sp³-hybridized carbons (Fsp3) is 0.400. The van der Waals surface area contributed by atoms with Crippen molar-refractivity contribution >= 4 is 23.9 Å². The molecule has 5 rings (SSSR count). The molecule has 33 heavy (non-hydrogen) atoms. The molecule has 8 heteroatoms. The Bertz CT molecular complexity index is 1010. The van der Waals surface area contributed by atoms with E-state index in [0.29, 0.717) is 5.82 Å². The van der Waals surface area contributed by atoms with E-state index in [2.05, 4.69) is 66.9 Å². The number of allylic oxidation sites excluding steroid dienone is 2. The Hall–Kier alpha value is -3.23. The average molecular weight is 447 g/mol. The Morgan fingerprint density at radius 3 is 2.24 bits per heavy atom. The van der Waals surface area contributed by atoms with Gasteiger partial charge in [0.2, 0.25) is 0 Å². The molecule has 2 saturated heterocycles. The minimum Gasteiger partial charge on any atom is -0.378 e. The molecule has 2 fully saturated rings. The highest BCUT2D eigenvalue weighted by Crippen LogP contribution is 2.35. The van der Waals surface area contributed by atoms with Crippen LogP contribution in [0.2, 0.25) is 0 Å². The molecule has 2 aliphatic heterocycles. The van der Waals surface area contributed by atoms with Crippen LogP contribution in [0.3, 0.4) is 0 Å². The molecule has 0 atom stereocenters. The highest BCUT2D eigenvalue weighted by Gasteiger charge is 2.25. The molecule has 0 radical (unpaired) electrons. The second-order valence-corrected chi connectivity index (χ2v) is 8.30. The van der Waals surface area contributed by atoms with E-state index in [1.807, 2.05) is 18.3 Å². The van der Waals surface area contributed by atoms with Crippen LogP contribution in [-0.4, -0.2) is 73.9 Å². The lowest BCUT2D eigenvalue weighted by molar-refractivity contribution is 0.0548. The van der Waals surface area contributed by atoms with Gasteiger partial charge in [-0.05, 0) is 47.8 Å². The van der Waals surface area contributed by atoms with E-state index in [1.54, 1.807) is 0 Å². The lowest BCUT2D eigenvalue weighted by atomic mass is 10.1. The fourth-order valence-electron chi connectivity index (χ4n) is 4.44. The fourth-order valence-corrected chi connectivity index (χ4v) is 4.44. The summed E-state index contributed by atoms with van der Waals surface area (Å²) in [5.41, 5.74) is 8.17. The van der Waals surface area contributed by atoms with Crippen molar-refractivity contribution in [1.29, 1.82) is 0 Å². The van der Waals surface area contributed by atoms with Crippen molar-refractivity contribution in [3.8, 4) is 0 Å². The molecule has 1 aromatic heterocycles. The van der Waals surface area contributed by atoms with Gasteiger partial charge in [0.25, 0.3) is 0 Å². The van der Waals surface area contributed by atoms with Crippen LogP contribution in [0, 0.1) is 0 Å². The van der Waals surface area contributed by atoms with Gasteiger partial charge in [0.15, 0.2) is 11.6 Å². The predicted molar refractivity (Wildman–Crippen MR) is 130 cm³/mol. The number of hydrogen-bond acceptors (Lipinski definition) is 8. The van der Waals surface area contributed by atoms with E-state index in [1.165, 1.54) is 22.4 Å². The summed E-state index contributed by atoms with van der Waals surface area (Å²) in [6.07, 6.45) is 6.22. The molecule has 1 aliphatic carbocycles. The summed E-state index contributed by atoms with van der Waals surface area (Å²) in [4.78, 5) is 4.62. The molecule has 1 N–H and O–H groups in total. The number of hydrogen-bond donors (Lipinski definition) is 1. The van der Waals surface area contributed by atoms with Crippen LogP contribution in [0.15, 0.2) is 64.4 Å².